The van der Waals surface area contributed by atoms with E-state index < -0.39 is 18.0 Å². The monoisotopic (exact) mass is 493 g/mol. The first kappa shape index (κ1) is 19.9. The lowest BCUT2D eigenvalue weighted by Crippen LogP contribution is -2.33. The van der Waals surface area contributed by atoms with E-state index in [1.54, 1.807) is 30.3 Å². The number of azide groups is 1. The zero-order valence-corrected chi connectivity index (χ0v) is 16.9. The van der Waals surface area contributed by atoms with Crippen molar-refractivity contribution in [2.45, 2.75) is 13.0 Å². The molecule has 0 spiro atoms. The Balaban J connectivity index is 1.81. The maximum absolute atomic E-state index is 14.7. The van der Waals surface area contributed by atoms with E-state index in [1.165, 1.54) is 17.9 Å². The number of cyclic esters (lactones) is 1. The van der Waals surface area contributed by atoms with Crippen LogP contribution in [0, 0.1) is 9.39 Å². The molecule has 0 unspecified atom stereocenters. The van der Waals surface area contributed by atoms with Crippen LogP contribution in [0.5, 0.6) is 0 Å². The molecule has 28 heavy (non-hydrogen) atoms. The van der Waals surface area contributed by atoms with Gasteiger partial charge in [0.25, 0.3) is 0 Å². The van der Waals surface area contributed by atoms with E-state index in [1.807, 2.05) is 22.6 Å². The molecule has 1 atom stereocenters. The van der Waals surface area contributed by atoms with Crippen molar-refractivity contribution < 1.29 is 18.7 Å². The van der Waals surface area contributed by atoms with Gasteiger partial charge in [0.15, 0.2) is 0 Å². The number of amides is 2. The summed E-state index contributed by atoms with van der Waals surface area (Å²) in [5.41, 5.74) is 10.4. The number of nitrogens with zero attached hydrogens (tertiary/aromatic N) is 4. The highest BCUT2D eigenvalue weighted by molar-refractivity contribution is 14.1. The van der Waals surface area contributed by atoms with Crippen molar-refractivity contribution in [3.05, 3.63) is 56.2 Å². The topological polar surface area (TPSA) is 107 Å². The predicted octanol–water partition coefficient (Wildman–Crippen LogP) is 4.50. The molecule has 1 heterocycles. The minimum atomic E-state index is -0.587. The Bertz CT molecular complexity index is 993. The van der Waals surface area contributed by atoms with Gasteiger partial charge in [0, 0.05) is 21.0 Å². The van der Waals surface area contributed by atoms with E-state index in [0.29, 0.717) is 26.1 Å². The number of carbonyl (C=O) groups excluding carboxylic acids is 2. The van der Waals surface area contributed by atoms with Crippen molar-refractivity contribution in [1.82, 2.24) is 5.32 Å². The van der Waals surface area contributed by atoms with Gasteiger partial charge in [-0.05, 0) is 58.0 Å². The molecule has 0 radical (unpaired) electrons. The summed E-state index contributed by atoms with van der Waals surface area (Å²) >= 11 is 2.02. The average molecular weight is 493 g/mol. The molecule has 2 aromatic rings. The molecular weight excluding hydrogens is 478 g/mol. The van der Waals surface area contributed by atoms with Gasteiger partial charge in [-0.2, -0.15) is 0 Å². The second-order valence-electron chi connectivity index (χ2n) is 6.07. The normalized spacial score (nSPS) is 15.8. The molecule has 8 nitrogen and oxygen atoms in total. The molecule has 3 rings (SSSR count). The van der Waals surface area contributed by atoms with E-state index in [9.17, 15) is 14.0 Å². The zero-order valence-electron chi connectivity index (χ0n) is 14.7. The fourth-order valence-electron chi connectivity index (χ4n) is 2.81. The fraction of sp³-hybridized carbons (Fsp3) is 0.222. The minimum Gasteiger partial charge on any atom is -0.442 e. The lowest BCUT2D eigenvalue weighted by atomic mass is 10.0. The average Bonchev–Trinajstić information content (AvgIpc) is 3.02. The van der Waals surface area contributed by atoms with Crippen LogP contribution in [0.1, 0.15) is 6.92 Å². The number of carbonyl (C=O) groups is 2. The van der Waals surface area contributed by atoms with Crippen LogP contribution in [0.4, 0.5) is 20.6 Å². The van der Waals surface area contributed by atoms with E-state index in [-0.39, 0.29) is 19.0 Å². The number of benzene rings is 2. The molecule has 1 N–H and O–H groups in total. The molecule has 1 aliphatic rings. The molecule has 1 fully saturated rings. The number of ether oxygens (including phenoxy) is 1. The summed E-state index contributed by atoms with van der Waals surface area (Å²) in [6, 6.07) is 9.49. The third-order valence-corrected chi connectivity index (χ3v) is 4.99. The first-order chi connectivity index (χ1) is 13.4. The Labute approximate surface area is 173 Å². The molecule has 0 aliphatic carbocycles. The van der Waals surface area contributed by atoms with Crippen molar-refractivity contribution in [2.75, 3.05) is 18.0 Å². The molecule has 144 valence electrons. The standard InChI is InChI=1S/C18H15FIN5O3/c1-10(26)22-8-13-9-25(18(27)28-13)12-3-4-14(15(19)7-12)11-2-5-17(23-24-21)16(20)6-11/h2-7,13H,8-9H2,1H3,(H,22,26)/t13-/m0/s1/i20-2. The van der Waals surface area contributed by atoms with Gasteiger partial charge in [-0.25, -0.2) is 9.18 Å². The van der Waals surface area contributed by atoms with E-state index in [2.05, 4.69) is 15.3 Å². The van der Waals surface area contributed by atoms with Crippen LogP contribution in [0.15, 0.2) is 41.5 Å². The maximum Gasteiger partial charge on any atom is 0.414 e. The highest BCUT2D eigenvalue weighted by atomic mass is 125. The maximum atomic E-state index is 14.7. The van der Waals surface area contributed by atoms with Gasteiger partial charge in [0.05, 0.1) is 24.5 Å². The SMILES string of the molecule is CC(=O)NC[C@H]1CN(c2ccc(-c3ccc(N=[N+]=[N-])c([125I])c3)c(F)c2)C(=O)O1. The van der Waals surface area contributed by atoms with Crippen LogP contribution in [0.3, 0.4) is 0 Å². The highest BCUT2D eigenvalue weighted by Gasteiger charge is 2.32. The van der Waals surface area contributed by atoms with Crippen LogP contribution < -0.4 is 10.2 Å². The lowest BCUT2D eigenvalue weighted by molar-refractivity contribution is -0.119. The van der Waals surface area contributed by atoms with E-state index in [0.717, 1.165) is 0 Å². The minimum absolute atomic E-state index is 0.202. The quantitative estimate of drug-likeness (QED) is 0.287. The van der Waals surface area contributed by atoms with Gasteiger partial charge >= 0.3 is 6.09 Å². The van der Waals surface area contributed by atoms with Crippen molar-refractivity contribution in [1.29, 1.82) is 0 Å². The summed E-state index contributed by atoms with van der Waals surface area (Å²) in [5, 5.41) is 6.16. The molecule has 0 saturated carbocycles. The third kappa shape index (κ3) is 4.34. The Morgan fingerprint density at radius 1 is 1.43 bits per heavy atom. The van der Waals surface area contributed by atoms with Crippen molar-refractivity contribution in [3.63, 3.8) is 0 Å². The molecule has 1 aliphatic heterocycles. The second kappa shape index (κ2) is 8.44. The number of nitrogens with one attached hydrogen (secondary N) is 1. The van der Waals surface area contributed by atoms with Gasteiger partial charge in [0.1, 0.15) is 11.9 Å². The van der Waals surface area contributed by atoms with Crippen LogP contribution in [-0.2, 0) is 9.53 Å². The van der Waals surface area contributed by atoms with Gasteiger partial charge in [-0.3, -0.25) is 9.69 Å². The number of halogens is 2. The smallest absolute Gasteiger partial charge is 0.414 e. The second-order valence-corrected chi connectivity index (χ2v) is 7.24. The molecule has 10 heteroatoms. The number of anilines is 1. The Morgan fingerprint density at radius 3 is 2.86 bits per heavy atom. The number of hydrogen-bond donors (Lipinski definition) is 1. The molecule has 0 bridgehead atoms. The van der Waals surface area contributed by atoms with Crippen molar-refractivity contribution >= 4 is 46.0 Å². The van der Waals surface area contributed by atoms with Crippen LogP contribution >= 0.6 is 22.6 Å². The first-order valence-electron chi connectivity index (χ1n) is 8.26. The largest absolute Gasteiger partial charge is 0.442 e. The molecule has 0 aromatic heterocycles. The van der Waals surface area contributed by atoms with Crippen molar-refractivity contribution in [3.8, 4) is 11.1 Å². The third-order valence-electron chi connectivity index (χ3n) is 4.13. The van der Waals surface area contributed by atoms with Gasteiger partial charge < -0.3 is 10.1 Å². The number of rotatable bonds is 5. The van der Waals surface area contributed by atoms with Gasteiger partial charge in [-0.15, -0.1) is 0 Å². The summed E-state index contributed by atoms with van der Waals surface area (Å²) in [7, 11) is 0. The summed E-state index contributed by atoms with van der Waals surface area (Å²) < 4.78 is 20.6. The molecule has 2 amide bonds. The molecular formula is C18H15FIN5O3. The van der Waals surface area contributed by atoms with Crippen LogP contribution in [-0.4, -0.2) is 31.2 Å². The lowest BCUT2D eigenvalue weighted by Gasteiger charge is -2.15. The summed E-state index contributed by atoms with van der Waals surface area (Å²) in [4.78, 5) is 27.1. The van der Waals surface area contributed by atoms with Crippen molar-refractivity contribution in [2.24, 2.45) is 5.11 Å². The zero-order chi connectivity index (χ0) is 20.3. The summed E-state index contributed by atoms with van der Waals surface area (Å²) in [5.74, 6) is -0.714. The highest BCUT2D eigenvalue weighted by Crippen LogP contribution is 2.32. The van der Waals surface area contributed by atoms with Gasteiger partial charge in [0.2, 0.25) is 5.91 Å². The predicted molar refractivity (Wildman–Crippen MR) is 110 cm³/mol. The Hall–Kier alpha value is -2.85. The first-order valence-corrected chi connectivity index (χ1v) is 9.34. The Morgan fingerprint density at radius 2 is 2.21 bits per heavy atom. The van der Waals surface area contributed by atoms with Crippen LogP contribution in [0.25, 0.3) is 21.6 Å². The summed E-state index contributed by atoms with van der Waals surface area (Å²) in [6.45, 7) is 1.80. The molecule has 2 aromatic carbocycles. The Kier molecular flexibility index (Phi) is 6.00. The van der Waals surface area contributed by atoms with Gasteiger partial charge in [-0.1, -0.05) is 17.2 Å². The molecule has 1 saturated heterocycles. The van der Waals surface area contributed by atoms with Crippen LogP contribution in [0.2, 0.25) is 0 Å². The van der Waals surface area contributed by atoms with E-state index >= 15 is 0 Å². The number of hydrogen-bond acceptors (Lipinski definition) is 4. The van der Waals surface area contributed by atoms with E-state index in [4.69, 9.17) is 10.3 Å². The summed E-state index contributed by atoms with van der Waals surface area (Å²) in [6.07, 6.45) is -1.08. The fourth-order valence-corrected chi connectivity index (χ4v) is 3.43.